The van der Waals surface area contributed by atoms with Crippen molar-refractivity contribution in [1.82, 2.24) is 4.98 Å². The first-order valence-corrected chi connectivity index (χ1v) is 5.97. The van der Waals surface area contributed by atoms with Crippen LogP contribution in [0.2, 0.25) is 0 Å². The number of nitrogens with two attached hydrogens (primary N) is 1. The maximum atomic E-state index is 5.98. The van der Waals surface area contributed by atoms with Crippen molar-refractivity contribution in [2.75, 3.05) is 6.54 Å². The Morgan fingerprint density at radius 3 is 2.73 bits per heavy atom. The maximum absolute atomic E-state index is 5.98. The van der Waals surface area contributed by atoms with Gasteiger partial charge in [0.15, 0.2) is 0 Å². The molecule has 2 rings (SSSR count). The third-order valence-electron chi connectivity index (χ3n) is 3.73. The van der Waals surface area contributed by atoms with E-state index in [0.717, 1.165) is 13.0 Å². The van der Waals surface area contributed by atoms with E-state index in [0.29, 0.717) is 0 Å². The van der Waals surface area contributed by atoms with Gasteiger partial charge in [-0.15, -0.1) is 0 Å². The maximum Gasteiger partial charge on any atom is 0.0509 e. The summed E-state index contributed by atoms with van der Waals surface area (Å²) in [6.07, 6.45) is 8.00. The number of aromatic nitrogens is 1. The van der Waals surface area contributed by atoms with Crippen molar-refractivity contribution in [3.63, 3.8) is 0 Å². The van der Waals surface area contributed by atoms with E-state index < -0.39 is 0 Å². The molecular weight excluding hydrogens is 184 g/mol. The molecule has 1 fully saturated rings. The van der Waals surface area contributed by atoms with Crippen LogP contribution in [0.1, 0.15) is 43.9 Å². The largest absolute Gasteiger partial charge is 0.330 e. The minimum Gasteiger partial charge on any atom is -0.330 e. The zero-order valence-corrected chi connectivity index (χ0v) is 9.50. The van der Waals surface area contributed by atoms with E-state index in [1.54, 1.807) is 0 Å². The van der Waals surface area contributed by atoms with Gasteiger partial charge in [0, 0.05) is 18.2 Å². The molecule has 15 heavy (non-hydrogen) atoms. The number of aryl methyl sites for hydroxylation is 1. The summed E-state index contributed by atoms with van der Waals surface area (Å²) in [4.78, 5) is 4.59. The molecule has 1 aliphatic rings. The zero-order valence-electron chi connectivity index (χ0n) is 9.50. The fourth-order valence-corrected chi connectivity index (χ4v) is 2.79. The molecule has 1 heterocycles. The molecule has 0 saturated heterocycles. The molecule has 1 aromatic rings. The molecule has 0 unspecified atom stereocenters. The predicted molar refractivity (Wildman–Crippen MR) is 62.8 cm³/mol. The highest BCUT2D eigenvalue weighted by Crippen LogP contribution is 2.40. The Labute approximate surface area is 91.9 Å². The summed E-state index contributed by atoms with van der Waals surface area (Å²) in [5.41, 5.74) is 8.82. The average molecular weight is 204 g/mol. The molecule has 1 aromatic heterocycles. The summed E-state index contributed by atoms with van der Waals surface area (Å²) >= 11 is 0. The smallest absolute Gasteiger partial charge is 0.0509 e. The molecule has 2 nitrogen and oxygen atoms in total. The van der Waals surface area contributed by atoms with Gasteiger partial charge in [-0.05, 0) is 30.9 Å². The Balaban J connectivity index is 2.41. The van der Waals surface area contributed by atoms with Gasteiger partial charge in [0.25, 0.3) is 0 Å². The molecule has 0 bridgehead atoms. The second kappa shape index (κ2) is 4.31. The lowest BCUT2D eigenvalue weighted by Gasteiger charge is -2.28. The van der Waals surface area contributed by atoms with Crippen molar-refractivity contribution in [3.05, 3.63) is 29.6 Å². The molecule has 0 radical (unpaired) electrons. The summed E-state index contributed by atoms with van der Waals surface area (Å²) in [6.45, 7) is 2.94. The van der Waals surface area contributed by atoms with Crippen LogP contribution in [0.15, 0.2) is 18.3 Å². The molecular formula is C13H20N2. The lowest BCUT2D eigenvalue weighted by Crippen LogP contribution is -2.34. The monoisotopic (exact) mass is 204 g/mol. The highest BCUT2D eigenvalue weighted by Gasteiger charge is 2.36. The number of rotatable bonds is 3. The Bertz CT molecular complexity index is 327. The van der Waals surface area contributed by atoms with E-state index in [-0.39, 0.29) is 5.41 Å². The van der Waals surface area contributed by atoms with Gasteiger partial charge < -0.3 is 5.73 Å². The number of pyridine rings is 1. The lowest BCUT2D eigenvalue weighted by molar-refractivity contribution is 0.435. The van der Waals surface area contributed by atoms with Crippen molar-refractivity contribution in [1.29, 1.82) is 0 Å². The van der Waals surface area contributed by atoms with Gasteiger partial charge in [-0.3, -0.25) is 4.98 Å². The predicted octanol–water partition coefficient (Wildman–Crippen LogP) is 2.41. The second-order valence-electron chi connectivity index (χ2n) is 4.56. The van der Waals surface area contributed by atoms with Crippen LogP contribution in [0.5, 0.6) is 0 Å². The van der Waals surface area contributed by atoms with E-state index in [4.69, 9.17) is 5.73 Å². The first kappa shape index (κ1) is 10.6. The van der Waals surface area contributed by atoms with Gasteiger partial charge in [0.1, 0.15) is 0 Å². The van der Waals surface area contributed by atoms with Crippen molar-refractivity contribution in [2.45, 2.75) is 44.4 Å². The summed E-state index contributed by atoms with van der Waals surface area (Å²) < 4.78 is 0. The molecule has 0 atom stereocenters. The molecule has 0 aliphatic heterocycles. The zero-order chi connectivity index (χ0) is 10.7. The summed E-state index contributed by atoms with van der Waals surface area (Å²) in [6, 6.07) is 4.22. The van der Waals surface area contributed by atoms with Gasteiger partial charge >= 0.3 is 0 Å². The Kier molecular flexibility index (Phi) is 3.06. The van der Waals surface area contributed by atoms with Crippen LogP contribution in [-0.2, 0) is 11.8 Å². The molecule has 2 N–H and O–H groups in total. The van der Waals surface area contributed by atoms with Crippen molar-refractivity contribution in [3.8, 4) is 0 Å². The molecule has 0 amide bonds. The number of hydrogen-bond donors (Lipinski definition) is 1. The highest BCUT2D eigenvalue weighted by atomic mass is 14.7. The van der Waals surface area contributed by atoms with Crippen LogP contribution in [0.25, 0.3) is 0 Å². The topological polar surface area (TPSA) is 38.9 Å². The fraction of sp³-hybridized carbons (Fsp3) is 0.615. The van der Waals surface area contributed by atoms with Crippen molar-refractivity contribution < 1.29 is 0 Å². The number of nitrogens with zero attached hydrogens (tertiary/aromatic N) is 1. The third kappa shape index (κ3) is 1.78. The minimum atomic E-state index is 0.187. The molecule has 2 heteroatoms. The van der Waals surface area contributed by atoms with Crippen LogP contribution < -0.4 is 5.73 Å². The highest BCUT2D eigenvalue weighted by molar-refractivity contribution is 5.29. The Morgan fingerprint density at radius 2 is 2.13 bits per heavy atom. The molecule has 82 valence electrons. The van der Waals surface area contributed by atoms with Crippen molar-refractivity contribution in [2.24, 2.45) is 5.73 Å². The standard InChI is InChI=1S/C13H20N2/c1-2-11-6-5-9-15-12(11)13(10-14)7-3-4-8-13/h5-6,9H,2-4,7-8,10,14H2,1H3. The van der Waals surface area contributed by atoms with Crippen LogP contribution in [0.3, 0.4) is 0 Å². The fourth-order valence-electron chi connectivity index (χ4n) is 2.79. The first-order chi connectivity index (χ1) is 7.32. The summed E-state index contributed by atoms with van der Waals surface area (Å²) in [5, 5.41) is 0. The van der Waals surface area contributed by atoms with Gasteiger partial charge in [0.2, 0.25) is 0 Å². The molecule has 0 spiro atoms. The van der Waals surface area contributed by atoms with E-state index >= 15 is 0 Å². The average Bonchev–Trinajstić information content (AvgIpc) is 2.79. The Hall–Kier alpha value is -0.890. The van der Waals surface area contributed by atoms with E-state index in [9.17, 15) is 0 Å². The third-order valence-corrected chi connectivity index (χ3v) is 3.73. The van der Waals surface area contributed by atoms with E-state index in [1.807, 2.05) is 12.3 Å². The lowest BCUT2D eigenvalue weighted by atomic mass is 9.80. The van der Waals surface area contributed by atoms with Gasteiger partial charge in [-0.1, -0.05) is 25.8 Å². The molecule has 1 aliphatic carbocycles. The SMILES string of the molecule is CCc1cccnc1C1(CN)CCCC1. The summed E-state index contributed by atoms with van der Waals surface area (Å²) in [7, 11) is 0. The van der Waals surface area contributed by atoms with Crippen LogP contribution in [0, 0.1) is 0 Å². The molecule has 0 aromatic carbocycles. The van der Waals surface area contributed by atoms with Crippen LogP contribution in [-0.4, -0.2) is 11.5 Å². The Morgan fingerprint density at radius 1 is 1.40 bits per heavy atom. The second-order valence-corrected chi connectivity index (χ2v) is 4.56. The van der Waals surface area contributed by atoms with E-state index in [1.165, 1.54) is 36.9 Å². The summed E-state index contributed by atoms with van der Waals surface area (Å²) in [5.74, 6) is 0. The number of hydrogen-bond acceptors (Lipinski definition) is 2. The normalized spacial score (nSPS) is 19.3. The van der Waals surface area contributed by atoms with Gasteiger partial charge in [0.05, 0.1) is 5.69 Å². The first-order valence-electron chi connectivity index (χ1n) is 5.97. The van der Waals surface area contributed by atoms with Crippen LogP contribution >= 0.6 is 0 Å². The quantitative estimate of drug-likeness (QED) is 0.821. The van der Waals surface area contributed by atoms with Gasteiger partial charge in [-0.25, -0.2) is 0 Å². The van der Waals surface area contributed by atoms with Crippen LogP contribution in [0.4, 0.5) is 0 Å². The van der Waals surface area contributed by atoms with Gasteiger partial charge in [-0.2, -0.15) is 0 Å². The minimum absolute atomic E-state index is 0.187. The molecule has 1 saturated carbocycles. The van der Waals surface area contributed by atoms with E-state index in [2.05, 4.69) is 18.0 Å². The van der Waals surface area contributed by atoms with Crippen molar-refractivity contribution >= 4 is 0 Å².